The summed E-state index contributed by atoms with van der Waals surface area (Å²) in [5, 5.41) is 4.62. The van der Waals surface area contributed by atoms with E-state index in [1.807, 2.05) is 12.3 Å². The third-order valence-corrected chi connectivity index (χ3v) is 2.62. The fraction of sp³-hybridized carbons (Fsp3) is 0.417. The number of nitrogens with zero attached hydrogens (tertiary/aromatic N) is 2. The number of hydrogen-bond acceptors (Lipinski definition) is 2. The summed E-state index contributed by atoms with van der Waals surface area (Å²) in [6.45, 7) is 7.16. The molecule has 0 radical (unpaired) electrons. The van der Waals surface area contributed by atoms with Gasteiger partial charge in [-0.25, -0.2) is 4.98 Å². The maximum atomic E-state index is 4.42. The molecule has 0 atom stereocenters. The maximum absolute atomic E-state index is 4.42. The van der Waals surface area contributed by atoms with Crippen LogP contribution in [0.3, 0.4) is 0 Å². The molecule has 1 N–H and O–H groups in total. The molecular weight excluding hydrogens is 186 g/mol. The van der Waals surface area contributed by atoms with Crippen molar-refractivity contribution < 1.29 is 0 Å². The summed E-state index contributed by atoms with van der Waals surface area (Å²) in [6.07, 6.45) is 4.05. The van der Waals surface area contributed by atoms with Crippen LogP contribution in [0.25, 0.3) is 11.0 Å². The van der Waals surface area contributed by atoms with Gasteiger partial charge in [-0.1, -0.05) is 6.92 Å². The van der Waals surface area contributed by atoms with Gasteiger partial charge in [-0.15, -0.1) is 0 Å². The Balaban J connectivity index is 2.45. The van der Waals surface area contributed by atoms with Crippen LogP contribution in [-0.2, 0) is 13.1 Å². The summed E-state index contributed by atoms with van der Waals surface area (Å²) in [5.74, 6) is 0. The molecule has 0 aliphatic heterocycles. The van der Waals surface area contributed by atoms with Crippen molar-refractivity contribution in [3.05, 3.63) is 30.1 Å². The predicted octanol–water partition coefficient (Wildman–Crippen LogP) is 2.17. The predicted molar refractivity (Wildman–Crippen MR) is 62.8 cm³/mol. The van der Waals surface area contributed by atoms with Gasteiger partial charge in [-0.05, 0) is 31.2 Å². The number of aromatic nitrogens is 2. The number of fused-ring (bicyclic) bond motifs is 1. The first-order chi connectivity index (χ1) is 7.36. The highest BCUT2D eigenvalue weighted by Crippen LogP contribution is 2.18. The molecule has 15 heavy (non-hydrogen) atoms. The molecule has 0 aliphatic carbocycles. The van der Waals surface area contributed by atoms with Crippen molar-refractivity contribution >= 4 is 11.0 Å². The molecule has 0 aromatic carbocycles. The Morgan fingerprint density at radius 3 is 3.00 bits per heavy atom. The molecule has 2 aromatic rings. The van der Waals surface area contributed by atoms with E-state index >= 15 is 0 Å². The first kappa shape index (κ1) is 10.2. The van der Waals surface area contributed by atoms with Gasteiger partial charge in [-0.2, -0.15) is 0 Å². The highest BCUT2D eigenvalue weighted by Gasteiger charge is 2.06. The van der Waals surface area contributed by atoms with Crippen LogP contribution in [0.5, 0.6) is 0 Å². The maximum Gasteiger partial charge on any atom is 0.140 e. The second-order valence-corrected chi connectivity index (χ2v) is 3.60. The van der Waals surface area contributed by atoms with E-state index in [1.165, 1.54) is 10.9 Å². The van der Waals surface area contributed by atoms with Gasteiger partial charge in [0, 0.05) is 30.9 Å². The molecular formula is C12H17N3. The van der Waals surface area contributed by atoms with Crippen LogP contribution < -0.4 is 5.32 Å². The van der Waals surface area contributed by atoms with Crippen molar-refractivity contribution in [2.75, 3.05) is 6.54 Å². The minimum Gasteiger partial charge on any atom is -0.332 e. The molecule has 0 spiro atoms. The highest BCUT2D eigenvalue weighted by molar-refractivity contribution is 5.80. The molecule has 80 valence electrons. The van der Waals surface area contributed by atoms with Gasteiger partial charge in [0.05, 0.1) is 0 Å². The van der Waals surface area contributed by atoms with Crippen LogP contribution in [0, 0.1) is 0 Å². The fourth-order valence-corrected chi connectivity index (χ4v) is 1.84. The number of nitrogens with one attached hydrogen (secondary N) is 1. The normalized spacial score (nSPS) is 11.1. The third kappa shape index (κ3) is 1.88. The van der Waals surface area contributed by atoms with E-state index in [2.05, 4.69) is 41.0 Å². The molecule has 0 aliphatic rings. The van der Waals surface area contributed by atoms with Crippen molar-refractivity contribution in [3.8, 4) is 0 Å². The summed E-state index contributed by atoms with van der Waals surface area (Å²) < 4.78 is 2.20. The van der Waals surface area contributed by atoms with E-state index in [4.69, 9.17) is 0 Å². The Morgan fingerprint density at radius 1 is 1.40 bits per heavy atom. The molecule has 3 nitrogen and oxygen atoms in total. The van der Waals surface area contributed by atoms with Crippen molar-refractivity contribution in [2.24, 2.45) is 0 Å². The standard InChI is InChI=1S/C12H17N3/c1-3-13-8-10-9-15(4-2)12-11(10)6-5-7-14-12/h5-7,9,13H,3-4,8H2,1-2H3. The molecule has 0 fully saturated rings. The summed E-state index contributed by atoms with van der Waals surface area (Å²) in [6, 6.07) is 4.14. The van der Waals surface area contributed by atoms with Crippen LogP contribution in [-0.4, -0.2) is 16.1 Å². The number of rotatable bonds is 4. The van der Waals surface area contributed by atoms with E-state index in [9.17, 15) is 0 Å². The monoisotopic (exact) mass is 203 g/mol. The minimum atomic E-state index is 0.922. The Morgan fingerprint density at radius 2 is 2.27 bits per heavy atom. The Hall–Kier alpha value is -1.35. The summed E-state index contributed by atoms with van der Waals surface area (Å²) in [7, 11) is 0. The van der Waals surface area contributed by atoms with Gasteiger partial charge in [0.25, 0.3) is 0 Å². The first-order valence-electron chi connectivity index (χ1n) is 5.50. The molecule has 0 amide bonds. The number of pyridine rings is 1. The average Bonchev–Trinajstić information content (AvgIpc) is 2.65. The van der Waals surface area contributed by atoms with Crippen LogP contribution in [0.4, 0.5) is 0 Å². The van der Waals surface area contributed by atoms with Gasteiger partial charge in [0.1, 0.15) is 5.65 Å². The van der Waals surface area contributed by atoms with E-state index < -0.39 is 0 Å². The molecule has 2 rings (SSSR count). The van der Waals surface area contributed by atoms with Crippen molar-refractivity contribution in [1.82, 2.24) is 14.9 Å². The molecule has 3 heteroatoms. The Bertz CT molecular complexity index is 445. The molecule has 0 saturated carbocycles. The lowest BCUT2D eigenvalue weighted by Gasteiger charge is -1.98. The van der Waals surface area contributed by atoms with Gasteiger partial charge in [0.15, 0.2) is 0 Å². The lowest BCUT2D eigenvalue weighted by Crippen LogP contribution is -2.11. The van der Waals surface area contributed by atoms with Crippen molar-refractivity contribution in [1.29, 1.82) is 0 Å². The third-order valence-electron chi connectivity index (χ3n) is 2.62. The van der Waals surface area contributed by atoms with Crippen LogP contribution in [0.1, 0.15) is 19.4 Å². The zero-order valence-corrected chi connectivity index (χ0v) is 9.33. The van der Waals surface area contributed by atoms with E-state index in [0.29, 0.717) is 0 Å². The number of hydrogen-bond donors (Lipinski definition) is 1. The molecule has 0 unspecified atom stereocenters. The average molecular weight is 203 g/mol. The lowest BCUT2D eigenvalue weighted by atomic mass is 10.2. The van der Waals surface area contributed by atoms with Gasteiger partial charge in [0.2, 0.25) is 0 Å². The second-order valence-electron chi connectivity index (χ2n) is 3.60. The van der Waals surface area contributed by atoms with E-state index in [-0.39, 0.29) is 0 Å². The SMILES string of the molecule is CCNCc1cn(CC)c2ncccc12. The zero-order chi connectivity index (χ0) is 10.7. The van der Waals surface area contributed by atoms with Gasteiger partial charge in [-0.3, -0.25) is 0 Å². The molecule has 2 heterocycles. The minimum absolute atomic E-state index is 0.922. The summed E-state index contributed by atoms with van der Waals surface area (Å²) >= 11 is 0. The van der Waals surface area contributed by atoms with E-state index in [1.54, 1.807) is 0 Å². The number of aryl methyl sites for hydroxylation is 1. The second kappa shape index (κ2) is 4.45. The van der Waals surface area contributed by atoms with Crippen LogP contribution >= 0.6 is 0 Å². The molecule has 2 aromatic heterocycles. The summed E-state index contributed by atoms with van der Waals surface area (Å²) in [5.41, 5.74) is 2.43. The van der Waals surface area contributed by atoms with Crippen LogP contribution in [0.15, 0.2) is 24.5 Å². The lowest BCUT2D eigenvalue weighted by molar-refractivity contribution is 0.720. The molecule has 0 saturated heterocycles. The smallest absolute Gasteiger partial charge is 0.140 e. The Kier molecular flexibility index (Phi) is 3.02. The van der Waals surface area contributed by atoms with E-state index in [0.717, 1.165) is 25.3 Å². The largest absolute Gasteiger partial charge is 0.332 e. The van der Waals surface area contributed by atoms with Crippen LogP contribution in [0.2, 0.25) is 0 Å². The topological polar surface area (TPSA) is 29.9 Å². The van der Waals surface area contributed by atoms with Gasteiger partial charge < -0.3 is 9.88 Å². The first-order valence-corrected chi connectivity index (χ1v) is 5.50. The van der Waals surface area contributed by atoms with Crippen molar-refractivity contribution in [2.45, 2.75) is 26.9 Å². The highest BCUT2D eigenvalue weighted by atomic mass is 15.0. The van der Waals surface area contributed by atoms with Gasteiger partial charge >= 0.3 is 0 Å². The zero-order valence-electron chi connectivity index (χ0n) is 9.33. The Labute approximate surface area is 90.1 Å². The van der Waals surface area contributed by atoms with Crippen molar-refractivity contribution in [3.63, 3.8) is 0 Å². The summed E-state index contributed by atoms with van der Waals surface area (Å²) in [4.78, 5) is 4.42. The fourth-order valence-electron chi connectivity index (χ4n) is 1.84. The quantitative estimate of drug-likeness (QED) is 0.825. The molecule has 0 bridgehead atoms.